The predicted octanol–water partition coefficient (Wildman–Crippen LogP) is 1.47. The number of carbonyl (C=O) groups is 2. The standard InChI is InChI=1S/C14H29N3O3/c1-8-17(10(2)9-16(6)7)13(20)15-11(12(18)19)14(3,4)5/h10-11H,8-9H2,1-7H3,(H,15,20)(H,18,19)/t10?,11-/m0/s1. The molecule has 0 heterocycles. The second-order valence-corrected chi connectivity index (χ2v) is 6.48. The first-order valence-corrected chi connectivity index (χ1v) is 6.95. The van der Waals surface area contributed by atoms with Gasteiger partial charge in [0, 0.05) is 19.1 Å². The molecule has 0 aliphatic carbocycles. The monoisotopic (exact) mass is 287 g/mol. The van der Waals surface area contributed by atoms with Crippen LogP contribution in [0.1, 0.15) is 34.6 Å². The fourth-order valence-electron chi connectivity index (χ4n) is 2.14. The van der Waals surface area contributed by atoms with Crippen molar-refractivity contribution in [2.24, 2.45) is 5.41 Å². The quantitative estimate of drug-likeness (QED) is 0.776. The summed E-state index contributed by atoms with van der Waals surface area (Å²) in [6, 6.07) is -1.22. The van der Waals surface area contributed by atoms with Gasteiger partial charge in [-0.3, -0.25) is 0 Å². The minimum Gasteiger partial charge on any atom is -0.480 e. The number of carboxylic acids is 1. The molecule has 0 saturated heterocycles. The highest BCUT2D eigenvalue weighted by atomic mass is 16.4. The van der Waals surface area contributed by atoms with E-state index < -0.39 is 17.4 Å². The first kappa shape index (κ1) is 18.7. The Hall–Kier alpha value is -1.30. The molecule has 2 N–H and O–H groups in total. The van der Waals surface area contributed by atoms with Crippen molar-refractivity contribution < 1.29 is 14.7 Å². The highest BCUT2D eigenvalue weighted by Gasteiger charge is 2.34. The van der Waals surface area contributed by atoms with Crippen LogP contribution >= 0.6 is 0 Å². The van der Waals surface area contributed by atoms with Crippen molar-refractivity contribution >= 4 is 12.0 Å². The zero-order chi connectivity index (χ0) is 16.1. The van der Waals surface area contributed by atoms with Crippen molar-refractivity contribution in [3.8, 4) is 0 Å². The number of rotatable bonds is 6. The van der Waals surface area contributed by atoms with Crippen LogP contribution < -0.4 is 5.32 Å². The molecule has 0 aromatic heterocycles. The van der Waals surface area contributed by atoms with Crippen LogP contribution in [0.15, 0.2) is 0 Å². The lowest BCUT2D eigenvalue weighted by molar-refractivity contribution is -0.142. The lowest BCUT2D eigenvalue weighted by atomic mass is 9.87. The molecule has 0 aliphatic rings. The van der Waals surface area contributed by atoms with Gasteiger partial charge in [0.05, 0.1) is 0 Å². The van der Waals surface area contributed by atoms with E-state index in [1.165, 1.54) is 0 Å². The van der Waals surface area contributed by atoms with Gasteiger partial charge in [0.15, 0.2) is 0 Å². The second-order valence-electron chi connectivity index (χ2n) is 6.48. The molecule has 0 spiro atoms. The van der Waals surface area contributed by atoms with Gasteiger partial charge in [0.25, 0.3) is 0 Å². The van der Waals surface area contributed by atoms with Crippen molar-refractivity contribution in [1.82, 2.24) is 15.1 Å². The van der Waals surface area contributed by atoms with Crippen molar-refractivity contribution in [3.63, 3.8) is 0 Å². The Balaban J connectivity index is 4.89. The number of carboxylic acid groups (broad SMARTS) is 1. The van der Waals surface area contributed by atoms with Crippen LogP contribution in [-0.4, -0.2) is 66.2 Å². The molecule has 2 atom stereocenters. The summed E-state index contributed by atoms with van der Waals surface area (Å²) in [5.41, 5.74) is -0.536. The van der Waals surface area contributed by atoms with E-state index in [0.29, 0.717) is 6.54 Å². The second kappa shape index (κ2) is 7.47. The van der Waals surface area contributed by atoms with Gasteiger partial charge in [0.2, 0.25) is 0 Å². The van der Waals surface area contributed by atoms with Gasteiger partial charge in [-0.1, -0.05) is 20.8 Å². The Morgan fingerprint density at radius 1 is 1.25 bits per heavy atom. The van der Waals surface area contributed by atoms with Crippen LogP contribution in [0.5, 0.6) is 0 Å². The first-order valence-electron chi connectivity index (χ1n) is 6.95. The Bertz CT molecular complexity index is 337. The van der Waals surface area contributed by atoms with E-state index in [9.17, 15) is 14.7 Å². The molecule has 0 bridgehead atoms. The van der Waals surface area contributed by atoms with Crippen LogP contribution in [0, 0.1) is 5.41 Å². The Kier molecular flexibility index (Phi) is 6.99. The summed E-state index contributed by atoms with van der Waals surface area (Å²) in [4.78, 5) is 27.2. The Morgan fingerprint density at radius 2 is 1.75 bits per heavy atom. The fourth-order valence-corrected chi connectivity index (χ4v) is 2.14. The van der Waals surface area contributed by atoms with E-state index in [0.717, 1.165) is 6.54 Å². The molecule has 0 radical (unpaired) electrons. The zero-order valence-corrected chi connectivity index (χ0v) is 13.7. The van der Waals surface area contributed by atoms with E-state index in [1.807, 2.05) is 32.8 Å². The number of likely N-dealkylation sites (N-methyl/N-ethyl adjacent to an activating group) is 2. The SMILES string of the molecule is CCN(C(=O)N[C@@H](C(=O)O)C(C)(C)C)C(C)CN(C)C. The van der Waals surface area contributed by atoms with Crippen LogP contribution in [-0.2, 0) is 4.79 Å². The average molecular weight is 287 g/mol. The molecular weight excluding hydrogens is 258 g/mol. The molecule has 6 heteroatoms. The minimum atomic E-state index is -1.01. The van der Waals surface area contributed by atoms with Gasteiger partial charge in [0.1, 0.15) is 6.04 Å². The van der Waals surface area contributed by atoms with Crippen LogP contribution in [0.4, 0.5) is 4.79 Å². The van der Waals surface area contributed by atoms with Crippen molar-refractivity contribution in [2.45, 2.75) is 46.7 Å². The molecule has 1 unspecified atom stereocenters. The lowest BCUT2D eigenvalue weighted by Gasteiger charge is -2.34. The third-order valence-electron chi connectivity index (χ3n) is 3.14. The zero-order valence-electron chi connectivity index (χ0n) is 13.7. The van der Waals surface area contributed by atoms with Gasteiger partial charge in [-0.05, 0) is 33.4 Å². The largest absolute Gasteiger partial charge is 0.480 e. The first-order chi connectivity index (χ1) is 9.00. The number of hydrogen-bond acceptors (Lipinski definition) is 3. The van der Waals surface area contributed by atoms with Crippen molar-refractivity contribution in [3.05, 3.63) is 0 Å². The van der Waals surface area contributed by atoms with Gasteiger partial charge in [-0.15, -0.1) is 0 Å². The number of aliphatic carboxylic acids is 1. The number of nitrogens with zero attached hydrogens (tertiary/aromatic N) is 2. The molecule has 20 heavy (non-hydrogen) atoms. The normalized spacial score (nSPS) is 14.8. The molecule has 0 saturated carbocycles. The van der Waals surface area contributed by atoms with Crippen molar-refractivity contribution in [1.29, 1.82) is 0 Å². The summed E-state index contributed by atoms with van der Waals surface area (Å²) in [5.74, 6) is -1.01. The number of amides is 2. The molecule has 0 aromatic rings. The summed E-state index contributed by atoms with van der Waals surface area (Å²) in [5, 5.41) is 11.9. The van der Waals surface area contributed by atoms with Gasteiger partial charge in [-0.25, -0.2) is 9.59 Å². The van der Waals surface area contributed by atoms with Gasteiger partial charge < -0.3 is 20.2 Å². The number of nitrogens with one attached hydrogen (secondary N) is 1. The maximum absolute atomic E-state index is 12.3. The summed E-state index contributed by atoms with van der Waals surface area (Å²) in [6.07, 6.45) is 0. The molecule has 0 fully saturated rings. The topological polar surface area (TPSA) is 72.9 Å². The van der Waals surface area contributed by atoms with Crippen LogP contribution in [0.2, 0.25) is 0 Å². The summed E-state index contributed by atoms with van der Waals surface area (Å²) in [6.45, 7) is 10.5. The molecule has 118 valence electrons. The minimum absolute atomic E-state index is 0.0180. The maximum atomic E-state index is 12.3. The molecule has 6 nitrogen and oxygen atoms in total. The van der Waals surface area contributed by atoms with E-state index in [-0.39, 0.29) is 12.1 Å². The van der Waals surface area contributed by atoms with Crippen LogP contribution in [0.3, 0.4) is 0 Å². The lowest BCUT2D eigenvalue weighted by Crippen LogP contribution is -2.56. The molecule has 0 rings (SSSR count). The van der Waals surface area contributed by atoms with E-state index >= 15 is 0 Å². The summed E-state index contributed by atoms with van der Waals surface area (Å²) >= 11 is 0. The molecular formula is C14H29N3O3. The van der Waals surface area contributed by atoms with E-state index in [1.54, 1.807) is 25.7 Å². The van der Waals surface area contributed by atoms with Crippen molar-refractivity contribution in [2.75, 3.05) is 27.2 Å². The Labute approximate surface area is 122 Å². The fraction of sp³-hybridized carbons (Fsp3) is 0.857. The maximum Gasteiger partial charge on any atom is 0.326 e. The van der Waals surface area contributed by atoms with E-state index in [4.69, 9.17) is 0 Å². The molecule has 2 amide bonds. The summed E-state index contributed by atoms with van der Waals surface area (Å²) < 4.78 is 0. The summed E-state index contributed by atoms with van der Waals surface area (Å²) in [7, 11) is 3.88. The third-order valence-corrected chi connectivity index (χ3v) is 3.14. The third kappa shape index (κ3) is 5.77. The Morgan fingerprint density at radius 3 is 2.05 bits per heavy atom. The van der Waals surface area contributed by atoms with Crippen LogP contribution in [0.25, 0.3) is 0 Å². The average Bonchev–Trinajstić information content (AvgIpc) is 2.23. The molecule has 0 aliphatic heterocycles. The highest BCUT2D eigenvalue weighted by molar-refractivity contribution is 5.83. The van der Waals surface area contributed by atoms with Gasteiger partial charge in [-0.2, -0.15) is 0 Å². The number of carbonyl (C=O) groups excluding carboxylic acids is 1. The van der Waals surface area contributed by atoms with Gasteiger partial charge >= 0.3 is 12.0 Å². The molecule has 0 aromatic carbocycles. The number of urea groups is 1. The predicted molar refractivity (Wildman–Crippen MR) is 79.8 cm³/mol. The number of hydrogen-bond donors (Lipinski definition) is 2. The smallest absolute Gasteiger partial charge is 0.326 e. The highest BCUT2D eigenvalue weighted by Crippen LogP contribution is 2.19. The van der Waals surface area contributed by atoms with E-state index in [2.05, 4.69) is 5.32 Å².